The summed E-state index contributed by atoms with van der Waals surface area (Å²) in [6.07, 6.45) is 3.62. The molecule has 3 aromatic carbocycles. The smallest absolute Gasteiger partial charge is 0.153 e. The second kappa shape index (κ2) is 8.82. The predicted molar refractivity (Wildman–Crippen MR) is 130 cm³/mol. The van der Waals surface area contributed by atoms with Crippen LogP contribution in [0.1, 0.15) is 16.7 Å². The largest absolute Gasteiger partial charge is 0.237 e. The van der Waals surface area contributed by atoms with Crippen molar-refractivity contribution >= 4 is 11.5 Å². The van der Waals surface area contributed by atoms with Gasteiger partial charge in [-0.05, 0) is 42.8 Å². The van der Waals surface area contributed by atoms with Gasteiger partial charge in [0.2, 0.25) is 0 Å². The van der Waals surface area contributed by atoms with E-state index in [4.69, 9.17) is 4.99 Å². The third-order valence-corrected chi connectivity index (χ3v) is 5.25. The molecule has 0 spiro atoms. The molecule has 0 bridgehead atoms. The third-order valence-electron chi connectivity index (χ3n) is 5.25. The average Bonchev–Trinajstić information content (AvgIpc) is 3.34. The normalized spacial score (nSPS) is 10.7. The molecule has 0 aliphatic rings. The van der Waals surface area contributed by atoms with Crippen LogP contribution in [-0.2, 0) is 0 Å². The Morgan fingerprint density at radius 3 is 2.12 bits per heavy atom. The molecule has 0 saturated heterocycles. The highest BCUT2D eigenvalue weighted by Crippen LogP contribution is 2.26. The zero-order chi connectivity index (χ0) is 21.8. The van der Waals surface area contributed by atoms with E-state index in [1.54, 1.807) is 6.20 Å². The van der Waals surface area contributed by atoms with Crippen molar-refractivity contribution < 1.29 is 0 Å². The van der Waals surface area contributed by atoms with E-state index < -0.39 is 0 Å². The summed E-state index contributed by atoms with van der Waals surface area (Å²) in [6, 6.07) is 34.7. The molecular weight excluding hydrogens is 392 g/mol. The Kier molecular flexibility index (Phi) is 5.41. The summed E-state index contributed by atoms with van der Waals surface area (Å²) in [6.45, 7) is 2.08. The van der Waals surface area contributed by atoms with E-state index in [-0.39, 0.29) is 0 Å². The van der Waals surface area contributed by atoms with E-state index >= 15 is 0 Å². The molecule has 32 heavy (non-hydrogen) atoms. The molecule has 0 unspecified atom stereocenters. The first-order chi connectivity index (χ1) is 15.8. The molecule has 4 nitrogen and oxygen atoms in total. The van der Waals surface area contributed by atoms with Gasteiger partial charge in [-0.2, -0.15) is 5.10 Å². The summed E-state index contributed by atoms with van der Waals surface area (Å²) in [7, 11) is 0. The number of pyridine rings is 1. The van der Waals surface area contributed by atoms with Gasteiger partial charge in [-0.15, -0.1) is 0 Å². The van der Waals surface area contributed by atoms with Gasteiger partial charge in [0.1, 0.15) is 0 Å². The minimum absolute atomic E-state index is 0.655. The highest BCUT2D eigenvalue weighted by molar-refractivity contribution is 6.13. The lowest BCUT2D eigenvalue weighted by Crippen LogP contribution is -2.03. The van der Waals surface area contributed by atoms with Crippen molar-refractivity contribution in [2.24, 2.45) is 4.99 Å². The van der Waals surface area contributed by atoms with Gasteiger partial charge in [0, 0.05) is 22.9 Å². The molecule has 0 saturated carbocycles. The quantitative estimate of drug-likeness (QED) is 0.312. The zero-order valence-electron chi connectivity index (χ0n) is 17.8. The first-order valence-electron chi connectivity index (χ1n) is 10.5. The first kappa shape index (κ1) is 19.6. The maximum Gasteiger partial charge on any atom is 0.153 e. The van der Waals surface area contributed by atoms with E-state index in [9.17, 15) is 0 Å². The number of benzene rings is 3. The van der Waals surface area contributed by atoms with E-state index in [2.05, 4.69) is 59.5 Å². The summed E-state index contributed by atoms with van der Waals surface area (Å²) in [5, 5.41) is 4.55. The van der Waals surface area contributed by atoms with Gasteiger partial charge in [-0.25, -0.2) is 14.7 Å². The predicted octanol–water partition coefficient (Wildman–Crippen LogP) is 6.41. The van der Waals surface area contributed by atoms with Crippen molar-refractivity contribution in [3.63, 3.8) is 0 Å². The van der Waals surface area contributed by atoms with Crippen LogP contribution in [0.25, 0.3) is 16.9 Å². The van der Waals surface area contributed by atoms with Crippen LogP contribution in [0, 0.1) is 6.92 Å². The Morgan fingerprint density at radius 2 is 1.44 bits per heavy atom. The fourth-order valence-electron chi connectivity index (χ4n) is 3.73. The van der Waals surface area contributed by atoms with Gasteiger partial charge in [0.05, 0.1) is 23.3 Å². The van der Waals surface area contributed by atoms with Crippen molar-refractivity contribution in [2.75, 3.05) is 0 Å². The molecule has 2 aromatic heterocycles. The van der Waals surface area contributed by atoms with Crippen molar-refractivity contribution in [3.05, 3.63) is 132 Å². The minimum Gasteiger partial charge on any atom is -0.237 e. The van der Waals surface area contributed by atoms with Crippen LogP contribution in [0.3, 0.4) is 0 Å². The summed E-state index contributed by atoms with van der Waals surface area (Å²) in [4.78, 5) is 9.50. The van der Waals surface area contributed by atoms with Crippen LogP contribution in [0.2, 0.25) is 0 Å². The fraction of sp³-hybridized carbons (Fsp3) is 0.0357. The number of aryl methyl sites for hydroxylation is 1. The topological polar surface area (TPSA) is 43.1 Å². The first-order valence-corrected chi connectivity index (χ1v) is 10.5. The molecule has 5 aromatic rings. The highest BCUT2D eigenvalue weighted by atomic mass is 15.3. The van der Waals surface area contributed by atoms with Crippen LogP contribution in [-0.4, -0.2) is 20.5 Å². The number of nitrogens with zero attached hydrogens (tertiary/aromatic N) is 4. The minimum atomic E-state index is 0.655. The maximum absolute atomic E-state index is 4.96. The van der Waals surface area contributed by atoms with Crippen LogP contribution >= 0.6 is 0 Å². The Labute approximate surface area is 187 Å². The third kappa shape index (κ3) is 4.12. The summed E-state index contributed by atoms with van der Waals surface area (Å²) in [5.74, 6) is 0.655. The summed E-state index contributed by atoms with van der Waals surface area (Å²) in [5.41, 5.74) is 7.23. The van der Waals surface area contributed by atoms with Gasteiger partial charge >= 0.3 is 0 Å². The molecule has 0 aliphatic carbocycles. The standard InChI is InChI=1S/C28H22N4/c1-21-9-8-14-25(19-21)32-26(16-18-30-32)24-15-17-29-27(20-24)31-28(22-10-4-2-5-11-22)23-12-6-3-7-13-23/h2-20H,1H3. The molecule has 154 valence electrons. The molecule has 0 aliphatic heterocycles. The lowest BCUT2D eigenvalue weighted by atomic mass is 10.0. The Balaban J connectivity index is 1.59. The Bertz CT molecular complexity index is 1330. The zero-order valence-corrected chi connectivity index (χ0v) is 17.8. The molecule has 5 rings (SSSR count). The molecular formula is C28H22N4. The number of aliphatic imine (C=N–C) groups is 1. The number of hydrogen-bond donors (Lipinski definition) is 0. The molecule has 0 amide bonds. The van der Waals surface area contributed by atoms with Gasteiger partial charge in [-0.1, -0.05) is 72.8 Å². The van der Waals surface area contributed by atoms with Gasteiger partial charge < -0.3 is 0 Å². The van der Waals surface area contributed by atoms with Crippen LogP contribution in [0.5, 0.6) is 0 Å². The Hall–Kier alpha value is -4.31. The molecule has 0 atom stereocenters. The number of aromatic nitrogens is 3. The number of rotatable bonds is 5. The van der Waals surface area contributed by atoms with Crippen molar-refractivity contribution in [1.29, 1.82) is 0 Å². The van der Waals surface area contributed by atoms with Gasteiger partial charge in [0.15, 0.2) is 5.82 Å². The van der Waals surface area contributed by atoms with Crippen molar-refractivity contribution in [1.82, 2.24) is 14.8 Å². The van der Waals surface area contributed by atoms with Crippen LogP contribution < -0.4 is 0 Å². The summed E-state index contributed by atoms with van der Waals surface area (Å²) < 4.78 is 1.95. The molecule has 0 fully saturated rings. The van der Waals surface area contributed by atoms with Crippen LogP contribution in [0.15, 0.2) is 121 Å². The lowest BCUT2D eigenvalue weighted by Gasteiger charge is -2.10. The van der Waals surface area contributed by atoms with E-state index in [0.717, 1.165) is 33.8 Å². The SMILES string of the molecule is Cc1cccc(-n2nccc2-c2ccnc(N=C(c3ccccc3)c3ccccc3)c2)c1. The molecule has 2 heterocycles. The Morgan fingerprint density at radius 1 is 0.719 bits per heavy atom. The van der Waals surface area contributed by atoms with Crippen molar-refractivity contribution in [2.45, 2.75) is 6.92 Å². The van der Waals surface area contributed by atoms with Gasteiger partial charge in [0.25, 0.3) is 0 Å². The van der Waals surface area contributed by atoms with Gasteiger partial charge in [-0.3, -0.25) is 0 Å². The highest BCUT2D eigenvalue weighted by Gasteiger charge is 2.11. The van der Waals surface area contributed by atoms with Crippen LogP contribution in [0.4, 0.5) is 5.82 Å². The second-order valence-electron chi connectivity index (χ2n) is 7.56. The number of hydrogen-bond acceptors (Lipinski definition) is 3. The van der Waals surface area contributed by atoms with E-state index in [1.807, 2.05) is 71.5 Å². The molecule has 4 heteroatoms. The second-order valence-corrected chi connectivity index (χ2v) is 7.56. The molecule has 0 N–H and O–H groups in total. The average molecular weight is 415 g/mol. The fourth-order valence-corrected chi connectivity index (χ4v) is 3.73. The molecule has 0 radical (unpaired) electrons. The summed E-state index contributed by atoms with van der Waals surface area (Å²) >= 11 is 0. The van der Waals surface area contributed by atoms with Crippen molar-refractivity contribution in [3.8, 4) is 16.9 Å². The lowest BCUT2D eigenvalue weighted by molar-refractivity contribution is 0.886. The van der Waals surface area contributed by atoms with E-state index in [0.29, 0.717) is 5.82 Å². The maximum atomic E-state index is 4.96. The van der Waals surface area contributed by atoms with E-state index in [1.165, 1.54) is 5.56 Å². The monoisotopic (exact) mass is 414 g/mol.